The van der Waals surface area contributed by atoms with E-state index in [-0.39, 0.29) is 0 Å². The molecule has 0 aromatic heterocycles. The lowest BCUT2D eigenvalue weighted by Gasteiger charge is -2.18. The summed E-state index contributed by atoms with van der Waals surface area (Å²) in [5.41, 5.74) is 1.44. The molecule has 0 aliphatic carbocycles. The van der Waals surface area contributed by atoms with Crippen molar-refractivity contribution in [3.05, 3.63) is 35.9 Å². The molecule has 2 aliphatic rings. The summed E-state index contributed by atoms with van der Waals surface area (Å²) in [5.74, 6) is 0. The minimum Gasteiger partial charge on any atom is -0.303 e. The Morgan fingerprint density at radius 3 is 1.83 bits per heavy atom. The van der Waals surface area contributed by atoms with Crippen molar-refractivity contribution in [2.45, 2.75) is 70.8 Å². The first-order valence-corrected chi connectivity index (χ1v) is 12.3. The van der Waals surface area contributed by atoms with Gasteiger partial charge in [-0.15, -0.1) is 0 Å². The maximum Gasteiger partial charge on any atom is 0.0510 e. The van der Waals surface area contributed by atoms with Crippen molar-refractivity contribution in [1.29, 1.82) is 0 Å². The molecule has 1 aromatic carbocycles. The first-order valence-electron chi connectivity index (χ1n) is 12.3. The van der Waals surface area contributed by atoms with Gasteiger partial charge in [0.1, 0.15) is 0 Å². The van der Waals surface area contributed by atoms with Crippen LogP contribution in [0.4, 0.5) is 0 Å². The third-order valence-electron chi connectivity index (χ3n) is 6.52. The van der Waals surface area contributed by atoms with Gasteiger partial charge in [0.05, 0.1) is 6.67 Å². The Kier molecular flexibility index (Phi) is 11.1. The van der Waals surface area contributed by atoms with E-state index in [1.165, 1.54) is 109 Å². The molecule has 0 saturated carbocycles. The molecule has 1 aromatic rings. The number of nitrogens with zero attached hydrogens (tertiary/aromatic N) is 3. The van der Waals surface area contributed by atoms with Gasteiger partial charge in [0.15, 0.2) is 0 Å². The van der Waals surface area contributed by atoms with Crippen molar-refractivity contribution < 1.29 is 0 Å². The van der Waals surface area contributed by atoms with Crippen molar-refractivity contribution in [3.63, 3.8) is 0 Å². The van der Waals surface area contributed by atoms with Gasteiger partial charge in [-0.25, -0.2) is 0 Å². The van der Waals surface area contributed by atoms with Gasteiger partial charge in [-0.2, -0.15) is 0 Å². The fraction of sp³-hybridized carbons (Fsp3) is 0.760. The molecular formula is C25H44N4. The Morgan fingerprint density at radius 2 is 1.21 bits per heavy atom. The summed E-state index contributed by atoms with van der Waals surface area (Å²) in [6, 6.07) is 10.9. The van der Waals surface area contributed by atoms with Crippen molar-refractivity contribution in [1.82, 2.24) is 20.0 Å². The van der Waals surface area contributed by atoms with E-state index in [1.807, 2.05) is 0 Å². The van der Waals surface area contributed by atoms with Gasteiger partial charge < -0.3 is 5.32 Å². The maximum absolute atomic E-state index is 3.41. The van der Waals surface area contributed by atoms with Crippen molar-refractivity contribution >= 4 is 0 Å². The van der Waals surface area contributed by atoms with Crippen LogP contribution in [0, 0.1) is 0 Å². The van der Waals surface area contributed by atoms with Gasteiger partial charge in [-0.1, -0.05) is 81.7 Å². The number of hydrogen-bond donors (Lipinski definition) is 1. The van der Waals surface area contributed by atoms with E-state index in [2.05, 4.69) is 50.3 Å². The minimum atomic E-state index is 1.10. The van der Waals surface area contributed by atoms with Crippen LogP contribution >= 0.6 is 0 Å². The zero-order valence-corrected chi connectivity index (χ0v) is 18.7. The summed E-state index contributed by atoms with van der Waals surface area (Å²) in [6.07, 6.45) is 14.3. The smallest absolute Gasteiger partial charge is 0.0510 e. The Bertz CT molecular complexity index is 515. The lowest BCUT2D eigenvalue weighted by atomic mass is 10.1. The van der Waals surface area contributed by atoms with E-state index >= 15 is 0 Å². The molecule has 2 heterocycles. The largest absolute Gasteiger partial charge is 0.303 e. The molecule has 29 heavy (non-hydrogen) atoms. The zero-order valence-electron chi connectivity index (χ0n) is 18.7. The molecule has 4 heteroatoms. The predicted molar refractivity (Wildman–Crippen MR) is 124 cm³/mol. The predicted octanol–water partition coefficient (Wildman–Crippen LogP) is 4.53. The van der Waals surface area contributed by atoms with E-state index in [0.717, 1.165) is 19.9 Å². The van der Waals surface area contributed by atoms with Crippen LogP contribution in [-0.2, 0) is 6.54 Å². The first-order chi connectivity index (χ1) is 14.4. The third-order valence-corrected chi connectivity index (χ3v) is 6.52. The topological polar surface area (TPSA) is 21.8 Å². The van der Waals surface area contributed by atoms with Crippen LogP contribution in [0.25, 0.3) is 0 Å². The van der Waals surface area contributed by atoms with E-state index in [1.54, 1.807) is 0 Å². The monoisotopic (exact) mass is 400 g/mol. The van der Waals surface area contributed by atoms with Gasteiger partial charge in [0.2, 0.25) is 0 Å². The average molecular weight is 401 g/mol. The summed E-state index contributed by atoms with van der Waals surface area (Å²) < 4.78 is 0. The molecule has 0 radical (unpaired) electrons. The fourth-order valence-corrected chi connectivity index (χ4v) is 4.69. The molecular weight excluding hydrogens is 356 g/mol. The third kappa shape index (κ3) is 9.61. The van der Waals surface area contributed by atoms with E-state index in [0.29, 0.717) is 0 Å². The summed E-state index contributed by atoms with van der Waals surface area (Å²) in [5, 5.41) is 3.41. The highest BCUT2D eigenvalue weighted by Crippen LogP contribution is 2.14. The van der Waals surface area contributed by atoms with Crippen LogP contribution in [0.5, 0.6) is 0 Å². The molecule has 3 rings (SSSR count). The summed E-state index contributed by atoms with van der Waals surface area (Å²) in [6.45, 7) is 10.9. The molecule has 164 valence electrons. The second-order valence-corrected chi connectivity index (χ2v) is 9.11. The molecule has 2 fully saturated rings. The van der Waals surface area contributed by atoms with E-state index in [4.69, 9.17) is 0 Å². The second-order valence-electron chi connectivity index (χ2n) is 9.11. The summed E-state index contributed by atoms with van der Waals surface area (Å²) in [7, 11) is 0. The van der Waals surface area contributed by atoms with Crippen molar-refractivity contribution in [2.24, 2.45) is 0 Å². The van der Waals surface area contributed by atoms with Crippen molar-refractivity contribution in [2.75, 3.05) is 52.6 Å². The molecule has 0 amide bonds. The van der Waals surface area contributed by atoms with Gasteiger partial charge >= 0.3 is 0 Å². The van der Waals surface area contributed by atoms with Crippen LogP contribution in [0.15, 0.2) is 30.3 Å². The maximum atomic E-state index is 3.41. The molecule has 0 spiro atoms. The number of unbranched alkanes of at least 4 members (excludes halogenated alkanes) is 9. The highest BCUT2D eigenvalue weighted by Gasteiger charge is 2.19. The Labute approximate surface area is 179 Å². The van der Waals surface area contributed by atoms with Gasteiger partial charge in [-0.05, 0) is 31.5 Å². The number of rotatable bonds is 15. The Balaban J connectivity index is 1.06. The zero-order chi connectivity index (χ0) is 20.0. The second kappa shape index (κ2) is 14.1. The van der Waals surface area contributed by atoms with Crippen LogP contribution in [0.1, 0.15) is 69.8 Å². The minimum absolute atomic E-state index is 1.10. The van der Waals surface area contributed by atoms with E-state index in [9.17, 15) is 0 Å². The lowest BCUT2D eigenvalue weighted by Crippen LogP contribution is -2.26. The molecule has 2 saturated heterocycles. The van der Waals surface area contributed by atoms with E-state index < -0.39 is 0 Å². The summed E-state index contributed by atoms with van der Waals surface area (Å²) in [4.78, 5) is 7.77. The van der Waals surface area contributed by atoms with Gasteiger partial charge in [0.25, 0.3) is 0 Å². The number of benzene rings is 1. The van der Waals surface area contributed by atoms with Gasteiger partial charge in [-0.3, -0.25) is 14.7 Å². The van der Waals surface area contributed by atoms with Crippen LogP contribution < -0.4 is 5.32 Å². The Morgan fingerprint density at radius 1 is 0.621 bits per heavy atom. The highest BCUT2D eigenvalue weighted by molar-refractivity contribution is 5.14. The molecule has 0 bridgehead atoms. The molecule has 4 nitrogen and oxygen atoms in total. The molecule has 0 unspecified atom stereocenters. The Hall–Kier alpha value is -0.940. The van der Waals surface area contributed by atoms with Gasteiger partial charge in [0, 0.05) is 39.4 Å². The number of nitrogens with one attached hydrogen (secondary N) is 1. The van der Waals surface area contributed by atoms with Crippen LogP contribution in [0.2, 0.25) is 0 Å². The number of hydrogen-bond acceptors (Lipinski definition) is 4. The van der Waals surface area contributed by atoms with Crippen LogP contribution in [0.3, 0.4) is 0 Å². The standard InChI is InChI=1S/C25H44N4/c1(3-5-7-12-17-27-19-16-26-23-27)2-4-6-8-13-18-28-20-21-29(24-28)22-25-14-10-9-11-15-25/h9-11,14-15,26H,1-8,12-13,16-24H2. The fourth-order valence-electron chi connectivity index (χ4n) is 4.69. The SMILES string of the molecule is c1ccc(CN2CCN(CCCCCCCCCCCCN3CCNC3)C2)cc1. The summed E-state index contributed by atoms with van der Waals surface area (Å²) >= 11 is 0. The molecule has 1 N–H and O–H groups in total. The molecule has 0 atom stereocenters. The molecule has 2 aliphatic heterocycles. The normalized spacial score (nSPS) is 18.8. The van der Waals surface area contributed by atoms with Crippen LogP contribution in [-0.4, -0.2) is 67.3 Å². The highest BCUT2D eigenvalue weighted by atomic mass is 15.4. The quantitative estimate of drug-likeness (QED) is 0.437. The lowest BCUT2D eigenvalue weighted by molar-refractivity contribution is 0.237. The average Bonchev–Trinajstić information content (AvgIpc) is 3.42. The van der Waals surface area contributed by atoms with Crippen molar-refractivity contribution in [3.8, 4) is 0 Å². The first kappa shape index (κ1) is 22.7.